The van der Waals surface area contributed by atoms with Crippen molar-refractivity contribution in [1.82, 2.24) is 10.7 Å². The first kappa shape index (κ1) is 24.4. The van der Waals surface area contributed by atoms with Crippen molar-refractivity contribution in [2.75, 3.05) is 6.61 Å². The second-order valence-corrected chi connectivity index (χ2v) is 8.10. The Balaban J connectivity index is 1.98. The molecule has 0 radical (unpaired) electrons. The number of halogens is 2. The summed E-state index contributed by atoms with van der Waals surface area (Å²) in [6, 6.07) is 10.5. The van der Waals surface area contributed by atoms with E-state index in [4.69, 9.17) is 21.4 Å². The van der Waals surface area contributed by atoms with E-state index in [0.29, 0.717) is 26.4 Å². The summed E-state index contributed by atoms with van der Waals surface area (Å²) in [5, 5.41) is 15.8. The van der Waals surface area contributed by atoms with Crippen molar-refractivity contribution < 1.29 is 24.2 Å². The van der Waals surface area contributed by atoms with Crippen LogP contribution in [0, 0.1) is 5.92 Å². The minimum atomic E-state index is -1.08. The Bertz CT molecular complexity index is 979. The molecule has 0 bridgehead atoms. The lowest BCUT2D eigenvalue weighted by Gasteiger charge is -2.20. The van der Waals surface area contributed by atoms with Crippen molar-refractivity contribution in [2.24, 2.45) is 11.0 Å². The van der Waals surface area contributed by atoms with Gasteiger partial charge in [-0.25, -0.2) is 10.2 Å². The number of carbonyl (C=O) groups is 3. The number of carbonyl (C=O) groups excluding carboxylic acids is 2. The van der Waals surface area contributed by atoms with Crippen LogP contribution in [0.5, 0.6) is 5.75 Å². The van der Waals surface area contributed by atoms with Crippen molar-refractivity contribution in [3.8, 4) is 5.75 Å². The van der Waals surface area contributed by atoms with E-state index in [-0.39, 0.29) is 5.92 Å². The first-order valence-corrected chi connectivity index (χ1v) is 10.4. The summed E-state index contributed by atoms with van der Waals surface area (Å²) in [5.41, 5.74) is 3.45. The van der Waals surface area contributed by atoms with Gasteiger partial charge in [0.25, 0.3) is 11.8 Å². The molecule has 10 heteroatoms. The minimum absolute atomic E-state index is 0.175. The Kier molecular flexibility index (Phi) is 9.02. The van der Waals surface area contributed by atoms with Crippen LogP contribution in [0.3, 0.4) is 0 Å². The van der Waals surface area contributed by atoms with Gasteiger partial charge in [-0.05, 0) is 69.9 Å². The number of carboxylic acids is 1. The number of nitrogens with zero attached hydrogens (tertiary/aromatic N) is 1. The van der Waals surface area contributed by atoms with Crippen molar-refractivity contribution in [3.63, 3.8) is 0 Å². The molecule has 0 heterocycles. The Morgan fingerprint density at radius 2 is 1.87 bits per heavy atom. The monoisotopic (exact) mass is 509 g/mol. The summed E-state index contributed by atoms with van der Waals surface area (Å²) in [6.07, 6.45) is 1.42. The van der Waals surface area contributed by atoms with Crippen molar-refractivity contribution in [2.45, 2.75) is 19.9 Å². The fourth-order valence-electron chi connectivity index (χ4n) is 2.45. The van der Waals surface area contributed by atoms with Gasteiger partial charge >= 0.3 is 5.97 Å². The zero-order valence-electron chi connectivity index (χ0n) is 16.8. The molecule has 1 atom stereocenters. The molecule has 0 aromatic heterocycles. The van der Waals surface area contributed by atoms with Crippen LogP contribution in [0.15, 0.2) is 52.0 Å². The highest BCUT2D eigenvalue weighted by Gasteiger charge is 2.24. The van der Waals surface area contributed by atoms with Crippen LogP contribution in [-0.4, -0.2) is 41.8 Å². The maximum absolute atomic E-state index is 12.5. The molecule has 0 spiro atoms. The van der Waals surface area contributed by atoms with Gasteiger partial charge < -0.3 is 15.2 Å². The standard InChI is InChI=1S/C21H21BrClN3O5/c1-12(2)19(25-20(29)14-4-6-15(23)7-5-14)21(30)26-24-10-13-3-8-17(16(22)9-13)31-11-18(27)28/h3-10,12,19H,11H2,1-2H3,(H,25,29)(H,26,30)(H,27,28). The molecule has 2 amide bonds. The Labute approximate surface area is 192 Å². The third kappa shape index (κ3) is 7.69. The lowest BCUT2D eigenvalue weighted by Crippen LogP contribution is -2.48. The SMILES string of the molecule is CC(C)C(NC(=O)c1ccc(Cl)cc1)C(=O)NN=Cc1ccc(OCC(=O)O)c(Br)c1. The molecule has 3 N–H and O–H groups in total. The maximum atomic E-state index is 12.5. The molecule has 0 aliphatic heterocycles. The van der Waals surface area contributed by atoms with Crippen LogP contribution >= 0.6 is 27.5 Å². The number of rotatable bonds is 9. The number of carboxylic acid groups (broad SMARTS) is 1. The zero-order valence-corrected chi connectivity index (χ0v) is 19.1. The topological polar surface area (TPSA) is 117 Å². The van der Waals surface area contributed by atoms with E-state index in [0.717, 1.165) is 0 Å². The summed E-state index contributed by atoms with van der Waals surface area (Å²) in [5.74, 6) is -1.74. The number of aliphatic carboxylic acids is 1. The van der Waals surface area contributed by atoms with Crippen molar-refractivity contribution in [3.05, 3.63) is 63.1 Å². The van der Waals surface area contributed by atoms with Gasteiger partial charge in [0.15, 0.2) is 6.61 Å². The maximum Gasteiger partial charge on any atom is 0.341 e. The fourth-order valence-corrected chi connectivity index (χ4v) is 3.09. The number of hydrogen-bond donors (Lipinski definition) is 3. The predicted molar refractivity (Wildman–Crippen MR) is 121 cm³/mol. The molecule has 2 rings (SSSR count). The molecule has 164 valence electrons. The smallest absolute Gasteiger partial charge is 0.341 e. The highest BCUT2D eigenvalue weighted by atomic mass is 79.9. The molecule has 0 saturated heterocycles. The third-order valence-corrected chi connectivity index (χ3v) is 4.91. The Hall–Kier alpha value is -2.91. The number of amides is 2. The molecule has 0 aliphatic rings. The highest BCUT2D eigenvalue weighted by Crippen LogP contribution is 2.25. The van der Waals surface area contributed by atoms with Crippen molar-refractivity contribution in [1.29, 1.82) is 0 Å². The first-order valence-electron chi connectivity index (χ1n) is 9.21. The number of benzene rings is 2. The summed E-state index contributed by atoms with van der Waals surface area (Å²) < 4.78 is 5.67. The van der Waals surface area contributed by atoms with E-state index in [9.17, 15) is 14.4 Å². The Morgan fingerprint density at radius 1 is 1.19 bits per heavy atom. The van der Waals surface area contributed by atoms with E-state index in [1.165, 1.54) is 6.21 Å². The van der Waals surface area contributed by atoms with Gasteiger partial charge in [-0.3, -0.25) is 9.59 Å². The third-order valence-electron chi connectivity index (χ3n) is 4.04. The minimum Gasteiger partial charge on any atom is -0.481 e. The van der Waals surface area contributed by atoms with Crippen LogP contribution < -0.4 is 15.5 Å². The molecule has 2 aromatic carbocycles. The molecule has 8 nitrogen and oxygen atoms in total. The molecule has 31 heavy (non-hydrogen) atoms. The van der Waals surface area contributed by atoms with Gasteiger partial charge in [0.1, 0.15) is 11.8 Å². The normalized spacial score (nSPS) is 11.9. The fraction of sp³-hybridized carbons (Fsp3) is 0.238. The van der Waals surface area contributed by atoms with Gasteiger partial charge in [-0.1, -0.05) is 25.4 Å². The first-order chi connectivity index (χ1) is 14.7. The van der Waals surface area contributed by atoms with E-state index < -0.39 is 30.4 Å². The van der Waals surface area contributed by atoms with Crippen LogP contribution in [0.25, 0.3) is 0 Å². The van der Waals surface area contributed by atoms with Crippen LogP contribution in [0.2, 0.25) is 5.02 Å². The predicted octanol–water partition coefficient (Wildman–Crippen LogP) is 3.47. The van der Waals surface area contributed by atoms with E-state index in [1.807, 2.05) is 13.8 Å². The number of hydrogen-bond acceptors (Lipinski definition) is 5. The lowest BCUT2D eigenvalue weighted by molar-refractivity contribution is -0.139. The van der Waals surface area contributed by atoms with Crippen LogP contribution in [0.4, 0.5) is 0 Å². The molecule has 0 aliphatic carbocycles. The van der Waals surface area contributed by atoms with E-state index in [2.05, 4.69) is 31.8 Å². The van der Waals surface area contributed by atoms with Gasteiger partial charge in [0.05, 0.1) is 10.7 Å². The quantitative estimate of drug-likeness (QED) is 0.353. The van der Waals surface area contributed by atoms with Crippen LogP contribution in [-0.2, 0) is 9.59 Å². The van der Waals surface area contributed by atoms with E-state index in [1.54, 1.807) is 42.5 Å². The Morgan fingerprint density at radius 3 is 2.45 bits per heavy atom. The average molecular weight is 511 g/mol. The van der Waals surface area contributed by atoms with Gasteiger partial charge in [-0.15, -0.1) is 0 Å². The molecule has 0 fully saturated rings. The molecule has 0 saturated carbocycles. The van der Waals surface area contributed by atoms with Crippen LogP contribution in [0.1, 0.15) is 29.8 Å². The number of ether oxygens (including phenoxy) is 1. The van der Waals surface area contributed by atoms with Gasteiger partial charge in [0.2, 0.25) is 0 Å². The van der Waals surface area contributed by atoms with E-state index >= 15 is 0 Å². The molecular weight excluding hydrogens is 490 g/mol. The summed E-state index contributed by atoms with van der Waals surface area (Å²) in [6.45, 7) is 3.16. The second-order valence-electron chi connectivity index (χ2n) is 6.81. The largest absolute Gasteiger partial charge is 0.481 e. The summed E-state index contributed by atoms with van der Waals surface area (Å²) >= 11 is 9.12. The van der Waals surface area contributed by atoms with Crippen molar-refractivity contribution >= 4 is 51.5 Å². The highest BCUT2D eigenvalue weighted by molar-refractivity contribution is 9.10. The second kappa shape index (κ2) is 11.5. The summed E-state index contributed by atoms with van der Waals surface area (Å²) in [7, 11) is 0. The molecule has 2 aromatic rings. The van der Waals surface area contributed by atoms with Gasteiger partial charge in [0, 0.05) is 10.6 Å². The number of nitrogens with one attached hydrogen (secondary N) is 2. The average Bonchev–Trinajstić information content (AvgIpc) is 2.71. The molecule has 1 unspecified atom stereocenters. The lowest BCUT2D eigenvalue weighted by atomic mass is 10.0. The number of hydrazone groups is 1. The summed E-state index contributed by atoms with van der Waals surface area (Å²) in [4.78, 5) is 35.5. The van der Waals surface area contributed by atoms with Gasteiger partial charge in [-0.2, -0.15) is 5.10 Å². The zero-order chi connectivity index (χ0) is 23.0. The molecular formula is C21H21BrClN3O5.